The normalized spacial score (nSPS) is 19.9. The summed E-state index contributed by atoms with van der Waals surface area (Å²) in [6.07, 6.45) is -0.402. The van der Waals surface area contributed by atoms with Gasteiger partial charge in [0.15, 0.2) is 6.10 Å². The number of para-hydroxylation sites is 1. The zero-order chi connectivity index (χ0) is 11.4. The molecule has 80 valence electrons. The Morgan fingerprint density at radius 1 is 1.31 bits per heavy atom. The Balaban J connectivity index is 2.24. The first kappa shape index (κ1) is 10.5. The predicted molar refractivity (Wildman–Crippen MR) is 58.7 cm³/mol. The summed E-state index contributed by atoms with van der Waals surface area (Å²) in [6, 6.07) is 11.7. The highest BCUT2D eigenvalue weighted by Crippen LogP contribution is 2.21. The van der Waals surface area contributed by atoms with Crippen molar-refractivity contribution >= 4 is 5.69 Å². The molecule has 0 saturated carbocycles. The van der Waals surface area contributed by atoms with Crippen molar-refractivity contribution in [3.63, 3.8) is 0 Å². The Hall–Kier alpha value is -2.04. The largest absolute Gasteiger partial charge is 0.364 e. The van der Waals surface area contributed by atoms with Crippen molar-refractivity contribution in [3.05, 3.63) is 29.8 Å². The van der Waals surface area contributed by atoms with E-state index < -0.39 is 6.10 Å². The molecule has 1 unspecified atom stereocenters. The zero-order valence-electron chi connectivity index (χ0n) is 8.76. The van der Waals surface area contributed by atoms with E-state index in [9.17, 15) is 0 Å². The van der Waals surface area contributed by atoms with E-state index in [0.717, 1.165) is 12.2 Å². The minimum Gasteiger partial charge on any atom is -0.364 e. The van der Waals surface area contributed by atoms with E-state index in [1.165, 1.54) is 0 Å². The Morgan fingerprint density at radius 3 is 2.88 bits per heavy atom. The van der Waals surface area contributed by atoms with E-state index in [1.54, 1.807) is 6.07 Å². The average Bonchev–Trinajstić information content (AvgIpc) is 2.38. The third kappa shape index (κ3) is 1.98. The number of rotatable bonds is 1. The van der Waals surface area contributed by atoms with Crippen molar-refractivity contribution < 1.29 is 4.74 Å². The highest BCUT2D eigenvalue weighted by atomic mass is 16.5. The Bertz CT molecular complexity index is 458. The summed E-state index contributed by atoms with van der Waals surface area (Å²) in [5.74, 6) is 0. The lowest BCUT2D eigenvalue weighted by Gasteiger charge is -2.32. The monoisotopic (exact) mass is 213 g/mol. The van der Waals surface area contributed by atoms with E-state index in [1.807, 2.05) is 23.1 Å². The van der Waals surface area contributed by atoms with Crippen molar-refractivity contribution in [3.8, 4) is 12.1 Å². The zero-order valence-corrected chi connectivity index (χ0v) is 8.76. The molecule has 1 aromatic carbocycles. The summed E-state index contributed by atoms with van der Waals surface area (Å²) in [5, 5.41) is 17.8. The predicted octanol–water partition coefficient (Wildman–Crippen LogP) is 1.29. The number of nitrogens with zero attached hydrogens (tertiary/aromatic N) is 3. The molecule has 0 aliphatic carbocycles. The molecule has 1 fully saturated rings. The van der Waals surface area contributed by atoms with Gasteiger partial charge in [-0.3, -0.25) is 0 Å². The maximum Gasteiger partial charge on any atom is 0.161 e. The van der Waals surface area contributed by atoms with Gasteiger partial charge >= 0.3 is 0 Å². The molecule has 0 radical (unpaired) electrons. The highest BCUT2D eigenvalue weighted by Gasteiger charge is 2.21. The molecule has 16 heavy (non-hydrogen) atoms. The van der Waals surface area contributed by atoms with Crippen LogP contribution in [0.2, 0.25) is 0 Å². The Kier molecular flexibility index (Phi) is 3.05. The van der Waals surface area contributed by atoms with Crippen LogP contribution < -0.4 is 4.90 Å². The average molecular weight is 213 g/mol. The topological polar surface area (TPSA) is 60.1 Å². The lowest BCUT2D eigenvalue weighted by Crippen LogP contribution is -2.42. The minimum atomic E-state index is -0.402. The second-order valence-electron chi connectivity index (χ2n) is 3.56. The second kappa shape index (κ2) is 4.65. The van der Waals surface area contributed by atoms with Crippen LogP contribution in [0.15, 0.2) is 24.3 Å². The summed E-state index contributed by atoms with van der Waals surface area (Å²) in [4.78, 5) is 2.02. The first-order valence-electron chi connectivity index (χ1n) is 5.10. The summed E-state index contributed by atoms with van der Waals surface area (Å²) in [5.41, 5.74) is 1.52. The highest BCUT2D eigenvalue weighted by molar-refractivity contribution is 5.59. The molecular weight excluding hydrogens is 202 g/mol. The van der Waals surface area contributed by atoms with Crippen molar-refractivity contribution in [2.75, 3.05) is 24.6 Å². The van der Waals surface area contributed by atoms with E-state index in [4.69, 9.17) is 15.3 Å². The summed E-state index contributed by atoms with van der Waals surface area (Å²) < 4.78 is 5.27. The molecule has 1 saturated heterocycles. The molecule has 1 atom stereocenters. The lowest BCUT2D eigenvalue weighted by molar-refractivity contribution is 0.0764. The van der Waals surface area contributed by atoms with Crippen molar-refractivity contribution in [2.24, 2.45) is 0 Å². The van der Waals surface area contributed by atoms with Crippen molar-refractivity contribution in [1.29, 1.82) is 10.5 Å². The fourth-order valence-electron chi connectivity index (χ4n) is 1.79. The smallest absolute Gasteiger partial charge is 0.161 e. The van der Waals surface area contributed by atoms with Crippen LogP contribution in [0.3, 0.4) is 0 Å². The van der Waals surface area contributed by atoms with Gasteiger partial charge in [-0.2, -0.15) is 10.5 Å². The maximum atomic E-state index is 9.00. The van der Waals surface area contributed by atoms with Crippen LogP contribution in [-0.2, 0) is 4.74 Å². The van der Waals surface area contributed by atoms with Gasteiger partial charge < -0.3 is 9.64 Å². The number of hydrogen-bond acceptors (Lipinski definition) is 4. The molecule has 1 aromatic rings. The molecule has 0 spiro atoms. The number of morpholine rings is 1. The van der Waals surface area contributed by atoms with Crippen LogP contribution in [-0.4, -0.2) is 25.8 Å². The fraction of sp³-hybridized carbons (Fsp3) is 0.333. The quantitative estimate of drug-likeness (QED) is 0.705. The molecule has 1 aliphatic heterocycles. The first-order chi connectivity index (χ1) is 7.85. The van der Waals surface area contributed by atoms with E-state index in [2.05, 4.69) is 12.1 Å². The molecule has 0 N–H and O–H groups in total. The maximum absolute atomic E-state index is 9.00. The number of ether oxygens (including phenoxy) is 1. The number of benzene rings is 1. The number of nitriles is 2. The van der Waals surface area contributed by atoms with Gasteiger partial charge in [0, 0.05) is 6.54 Å². The first-order valence-corrected chi connectivity index (χ1v) is 5.10. The van der Waals surface area contributed by atoms with Crippen LogP contribution in [0.5, 0.6) is 0 Å². The summed E-state index contributed by atoms with van der Waals surface area (Å²) in [7, 11) is 0. The van der Waals surface area contributed by atoms with Gasteiger partial charge in [-0.15, -0.1) is 0 Å². The number of hydrogen-bond donors (Lipinski definition) is 0. The van der Waals surface area contributed by atoms with Gasteiger partial charge in [-0.05, 0) is 12.1 Å². The van der Waals surface area contributed by atoms with Gasteiger partial charge in [0.25, 0.3) is 0 Å². The lowest BCUT2D eigenvalue weighted by atomic mass is 10.1. The van der Waals surface area contributed by atoms with Gasteiger partial charge in [0.05, 0.1) is 30.5 Å². The minimum absolute atomic E-state index is 0.402. The Labute approximate surface area is 94.3 Å². The molecule has 1 heterocycles. The van der Waals surface area contributed by atoms with E-state index in [0.29, 0.717) is 18.7 Å². The van der Waals surface area contributed by atoms with Crippen molar-refractivity contribution in [2.45, 2.75) is 6.10 Å². The molecule has 0 amide bonds. The molecule has 2 rings (SSSR count). The van der Waals surface area contributed by atoms with Crippen molar-refractivity contribution in [1.82, 2.24) is 0 Å². The third-order valence-corrected chi connectivity index (χ3v) is 2.58. The molecule has 4 heteroatoms. The van der Waals surface area contributed by atoms with Crippen LogP contribution in [0.4, 0.5) is 5.69 Å². The third-order valence-electron chi connectivity index (χ3n) is 2.58. The van der Waals surface area contributed by atoms with Crippen LogP contribution >= 0.6 is 0 Å². The van der Waals surface area contributed by atoms with Gasteiger partial charge in [0.1, 0.15) is 6.07 Å². The van der Waals surface area contributed by atoms with Gasteiger partial charge in [-0.1, -0.05) is 12.1 Å². The summed E-state index contributed by atoms with van der Waals surface area (Å²) >= 11 is 0. The Morgan fingerprint density at radius 2 is 2.12 bits per heavy atom. The van der Waals surface area contributed by atoms with E-state index >= 15 is 0 Å². The standard InChI is InChI=1S/C12H11N3O/c13-7-10-3-1-2-4-12(10)15-5-6-16-11(8-14)9-15/h1-4,11H,5-6,9H2. The van der Waals surface area contributed by atoms with Crippen LogP contribution in [0.1, 0.15) is 5.56 Å². The van der Waals surface area contributed by atoms with E-state index in [-0.39, 0.29) is 0 Å². The molecule has 0 aromatic heterocycles. The molecule has 0 bridgehead atoms. The molecule has 1 aliphatic rings. The van der Waals surface area contributed by atoms with Gasteiger partial charge in [0.2, 0.25) is 0 Å². The molecular formula is C12H11N3O. The van der Waals surface area contributed by atoms with Crippen LogP contribution in [0.25, 0.3) is 0 Å². The fourth-order valence-corrected chi connectivity index (χ4v) is 1.79. The number of anilines is 1. The summed E-state index contributed by atoms with van der Waals surface area (Å²) in [6.45, 7) is 1.77. The van der Waals surface area contributed by atoms with Gasteiger partial charge in [-0.25, -0.2) is 0 Å². The second-order valence-corrected chi connectivity index (χ2v) is 3.56. The molecule has 4 nitrogen and oxygen atoms in total. The van der Waals surface area contributed by atoms with Crippen LogP contribution in [0, 0.1) is 22.7 Å². The SMILES string of the molecule is N#Cc1ccccc1N1CCOC(C#N)C1.